The Kier molecular flexibility index (Phi) is 13.7. The topological polar surface area (TPSA) is 272 Å². The van der Waals surface area contributed by atoms with Gasteiger partial charge in [-0.05, 0) is 45.9 Å². The Morgan fingerprint density at radius 3 is 2.50 bits per heavy atom. The maximum atomic E-state index is 12.8. The average molecular weight is 635 g/mol. The fraction of sp³-hybridized carbons (Fsp3) is 0.852. The van der Waals surface area contributed by atoms with Crippen molar-refractivity contribution in [2.75, 3.05) is 39.9 Å². The molecule has 0 bridgehead atoms. The number of nitrogens with two attached hydrogens (primary N) is 2. The van der Waals surface area contributed by atoms with Crippen LogP contribution >= 0.6 is 0 Å². The van der Waals surface area contributed by atoms with Gasteiger partial charge in [-0.3, -0.25) is 9.59 Å². The van der Waals surface area contributed by atoms with Crippen molar-refractivity contribution in [1.29, 1.82) is 0 Å². The van der Waals surface area contributed by atoms with E-state index in [1.807, 2.05) is 0 Å². The molecule has 3 aliphatic rings. The van der Waals surface area contributed by atoms with E-state index < -0.39 is 78.8 Å². The number of hydrogen-bond acceptors (Lipinski definition) is 15. The minimum absolute atomic E-state index is 0.000368. The summed E-state index contributed by atoms with van der Waals surface area (Å²) in [6.07, 6.45) is -6.98. The number of hydrogen-bond donors (Lipinski definition) is 11. The van der Waals surface area contributed by atoms with Gasteiger partial charge < -0.3 is 77.2 Å². The predicted octanol–water partition coefficient (Wildman–Crippen LogP) is -5.18. The molecule has 0 unspecified atom stereocenters. The molecule has 2 heterocycles. The van der Waals surface area contributed by atoms with Gasteiger partial charge >= 0.3 is 0 Å². The maximum Gasteiger partial charge on any atom is 0.249 e. The molecule has 1 saturated heterocycles. The van der Waals surface area contributed by atoms with Crippen molar-refractivity contribution in [1.82, 2.24) is 21.3 Å². The van der Waals surface area contributed by atoms with Crippen molar-refractivity contribution in [3.63, 3.8) is 0 Å². The number of aliphatic hydroxyl groups excluding tert-OH is 4. The molecule has 2 amide bonds. The summed E-state index contributed by atoms with van der Waals surface area (Å²) in [7, 11) is 1.56. The first kappa shape index (κ1) is 36.5. The highest BCUT2D eigenvalue weighted by atomic mass is 16.7. The largest absolute Gasteiger partial charge is 0.466 e. The fourth-order valence-electron chi connectivity index (χ4n) is 5.74. The third-order valence-electron chi connectivity index (χ3n) is 7.98. The first-order valence-corrected chi connectivity index (χ1v) is 14.9. The molecule has 0 aromatic carbocycles. The maximum absolute atomic E-state index is 12.8. The highest BCUT2D eigenvalue weighted by Gasteiger charge is 2.52. The predicted molar refractivity (Wildman–Crippen MR) is 154 cm³/mol. The second-order valence-corrected chi connectivity index (χ2v) is 11.7. The van der Waals surface area contributed by atoms with Crippen LogP contribution in [-0.2, 0) is 28.5 Å². The monoisotopic (exact) mass is 634 g/mol. The number of aliphatic hydroxyl groups is 5. The SMILES string of the molecule is CN[C@@H]1[C@@H](O)[C@@H](O[C@@H]2[C@@H](O)[C@H](O[C@H]3OC(CNCCO)=CC[C@H]3NC(C)=O)[C@@H](N)C[C@H]2NC(=O)[C@@H](O)CCN)OC[C@]1(C)O. The van der Waals surface area contributed by atoms with E-state index in [9.17, 15) is 30.0 Å². The van der Waals surface area contributed by atoms with Crippen LogP contribution < -0.4 is 32.7 Å². The zero-order valence-corrected chi connectivity index (χ0v) is 25.4. The van der Waals surface area contributed by atoms with Crippen molar-refractivity contribution in [3.05, 3.63) is 11.8 Å². The Balaban J connectivity index is 1.85. The van der Waals surface area contributed by atoms with Crippen molar-refractivity contribution in [2.24, 2.45) is 11.5 Å². The van der Waals surface area contributed by atoms with Gasteiger partial charge in [0.15, 0.2) is 6.29 Å². The minimum Gasteiger partial charge on any atom is -0.466 e. The van der Waals surface area contributed by atoms with Gasteiger partial charge in [-0.2, -0.15) is 0 Å². The zero-order valence-electron chi connectivity index (χ0n) is 25.4. The molecule has 0 aromatic rings. The van der Waals surface area contributed by atoms with Crippen LogP contribution in [0.4, 0.5) is 0 Å². The molecule has 17 nitrogen and oxygen atoms in total. The van der Waals surface area contributed by atoms with E-state index in [4.69, 9.17) is 35.5 Å². The first-order chi connectivity index (χ1) is 20.8. The Morgan fingerprint density at radius 1 is 1.16 bits per heavy atom. The van der Waals surface area contributed by atoms with Crippen molar-refractivity contribution in [2.45, 2.75) is 106 Å². The van der Waals surface area contributed by atoms with Crippen LogP contribution in [0.5, 0.6) is 0 Å². The van der Waals surface area contributed by atoms with E-state index in [0.717, 1.165) is 0 Å². The summed E-state index contributed by atoms with van der Waals surface area (Å²) < 4.78 is 24.0. The lowest BCUT2D eigenvalue weighted by Crippen LogP contribution is -2.69. The molecule has 0 aromatic heterocycles. The number of carbonyl (C=O) groups excluding carboxylic acids is 2. The molecule has 0 spiro atoms. The summed E-state index contributed by atoms with van der Waals surface area (Å²) in [5.74, 6) is -0.575. The van der Waals surface area contributed by atoms with Gasteiger partial charge in [-0.15, -0.1) is 0 Å². The number of amides is 2. The van der Waals surface area contributed by atoms with Crippen LogP contribution in [0, 0.1) is 0 Å². The van der Waals surface area contributed by atoms with Crippen molar-refractivity contribution < 1.29 is 54.1 Å². The molecule has 254 valence electrons. The van der Waals surface area contributed by atoms with Gasteiger partial charge in [0.25, 0.3) is 0 Å². The van der Waals surface area contributed by atoms with E-state index >= 15 is 0 Å². The highest BCUT2D eigenvalue weighted by molar-refractivity contribution is 5.80. The van der Waals surface area contributed by atoms with Gasteiger partial charge in [0.05, 0.1) is 37.9 Å². The summed E-state index contributed by atoms with van der Waals surface area (Å²) in [6, 6.07) is -3.32. The number of likely N-dealkylation sites (N-methyl/N-ethyl adjacent to an activating group) is 1. The van der Waals surface area contributed by atoms with Gasteiger partial charge in [-0.25, -0.2) is 0 Å². The molecule has 3 rings (SSSR count). The molecule has 12 atom stereocenters. The summed E-state index contributed by atoms with van der Waals surface area (Å²) in [6.45, 7) is 3.24. The lowest BCUT2D eigenvalue weighted by Gasteiger charge is -2.49. The quantitative estimate of drug-likeness (QED) is 0.0797. The van der Waals surface area contributed by atoms with E-state index in [2.05, 4.69) is 21.3 Å². The number of carbonyl (C=O) groups is 2. The number of rotatable bonds is 14. The zero-order chi connectivity index (χ0) is 32.6. The van der Waals surface area contributed by atoms with Gasteiger partial charge in [-0.1, -0.05) is 0 Å². The summed E-state index contributed by atoms with van der Waals surface area (Å²) >= 11 is 0. The third kappa shape index (κ3) is 9.27. The van der Waals surface area contributed by atoms with Crippen molar-refractivity contribution in [3.8, 4) is 0 Å². The standard InChI is InChI=1S/C27H50N6O11/c1-13(35)32-16-5-4-14(11-31-8-9-34)42-25(16)43-21-15(29)10-17(33-24(39)18(36)6-7-28)22(19(21)37)44-26-20(38)23(30-3)27(2,40)12-41-26/h4,15-23,25-26,30-31,34,36-38,40H,5-12,28-29H2,1-3H3,(H,32,35)(H,33,39)/t15-,16+,17+,18-,19-,20+,21+,22-,23+,25+,26+,27-/m0/s1. The van der Waals surface area contributed by atoms with E-state index in [0.29, 0.717) is 18.7 Å². The Labute approximate surface area is 256 Å². The lowest BCUT2D eigenvalue weighted by atomic mass is 9.83. The van der Waals surface area contributed by atoms with E-state index in [1.165, 1.54) is 13.8 Å². The summed E-state index contributed by atoms with van der Waals surface area (Å²) in [5, 5.41) is 63.8. The van der Waals surface area contributed by atoms with Gasteiger partial charge in [0.1, 0.15) is 41.9 Å². The van der Waals surface area contributed by atoms with Crippen LogP contribution in [0.3, 0.4) is 0 Å². The molecule has 44 heavy (non-hydrogen) atoms. The molecule has 17 heteroatoms. The van der Waals surface area contributed by atoms with Crippen molar-refractivity contribution >= 4 is 11.8 Å². The highest BCUT2D eigenvalue weighted by Crippen LogP contribution is 2.32. The van der Waals surface area contributed by atoms with Gasteiger partial charge in [0.2, 0.25) is 18.1 Å². The normalized spacial score (nSPS) is 38.3. The molecule has 2 aliphatic heterocycles. The summed E-state index contributed by atoms with van der Waals surface area (Å²) in [4.78, 5) is 24.7. The second-order valence-electron chi connectivity index (χ2n) is 11.7. The summed E-state index contributed by atoms with van der Waals surface area (Å²) in [5.41, 5.74) is 10.5. The molecular formula is C27H50N6O11. The average Bonchev–Trinajstić information content (AvgIpc) is 2.95. The van der Waals surface area contributed by atoms with E-state index in [-0.39, 0.29) is 45.1 Å². The Bertz CT molecular complexity index is 975. The minimum atomic E-state index is -1.52. The van der Waals surface area contributed by atoms with E-state index in [1.54, 1.807) is 13.1 Å². The number of ether oxygens (including phenoxy) is 4. The fourth-order valence-corrected chi connectivity index (χ4v) is 5.74. The number of nitrogens with one attached hydrogen (secondary N) is 4. The molecular weight excluding hydrogens is 584 g/mol. The first-order valence-electron chi connectivity index (χ1n) is 14.9. The van der Waals surface area contributed by atoms with Crippen LogP contribution in [0.1, 0.15) is 33.1 Å². The molecule has 2 fully saturated rings. The molecule has 13 N–H and O–H groups in total. The Hall–Kier alpha value is -2.00. The lowest BCUT2D eigenvalue weighted by molar-refractivity contribution is -0.304. The van der Waals surface area contributed by atoms with Crippen LogP contribution in [-0.4, -0.2) is 150 Å². The second kappa shape index (κ2) is 16.5. The third-order valence-corrected chi connectivity index (χ3v) is 7.98. The van der Waals surface area contributed by atoms with Crippen LogP contribution in [0.15, 0.2) is 11.8 Å². The molecule has 1 saturated carbocycles. The smallest absolute Gasteiger partial charge is 0.249 e. The van der Waals surface area contributed by atoms with Gasteiger partial charge in [0, 0.05) is 19.5 Å². The molecule has 0 radical (unpaired) electrons. The Morgan fingerprint density at radius 2 is 1.86 bits per heavy atom. The van der Waals surface area contributed by atoms with Crippen LogP contribution in [0.2, 0.25) is 0 Å². The van der Waals surface area contributed by atoms with Crippen LogP contribution in [0.25, 0.3) is 0 Å². The molecule has 1 aliphatic carbocycles.